The second-order valence-corrected chi connectivity index (χ2v) is 4.81. The van der Waals surface area contributed by atoms with Gasteiger partial charge in [0.05, 0.1) is 11.1 Å². The zero-order valence-corrected chi connectivity index (χ0v) is 9.56. The summed E-state index contributed by atoms with van der Waals surface area (Å²) in [4.78, 5) is -0.158. The monoisotopic (exact) mass is 257 g/mol. The van der Waals surface area contributed by atoms with E-state index in [2.05, 4.69) is 23.1 Å². The Morgan fingerprint density at radius 1 is 1.25 bits per heavy atom. The average Bonchev–Trinajstić information content (AvgIpc) is 2.63. The lowest BCUT2D eigenvalue weighted by Crippen LogP contribution is -1.97. The Labute approximate surface area is 97.2 Å². The molecule has 0 aliphatic heterocycles. The summed E-state index contributed by atoms with van der Waals surface area (Å²) in [5, 5.41) is 7.27. The minimum Gasteiger partial charge on any atom is -0.282 e. The maximum atomic E-state index is 10.8. The molecule has 6 nitrogen and oxygen atoms in total. The van der Waals surface area contributed by atoms with Crippen LogP contribution in [-0.2, 0) is 10.1 Å². The molecule has 1 N–H and O–H groups in total. The van der Waals surface area contributed by atoms with Gasteiger partial charge < -0.3 is 0 Å². The van der Waals surface area contributed by atoms with Crippen LogP contribution < -0.4 is 0 Å². The van der Waals surface area contributed by atoms with Gasteiger partial charge in [-0.05, 0) is 24.9 Å². The molecule has 0 spiro atoms. The highest BCUT2D eigenvalue weighted by atomic mass is 32.2. The van der Waals surface area contributed by atoms with E-state index in [4.69, 9.17) is 4.55 Å². The average molecular weight is 257 g/mol. The first-order chi connectivity index (χ1) is 7.48. The Bertz CT molecular complexity index is 604. The van der Waals surface area contributed by atoms with Crippen LogP contribution in [0.3, 0.4) is 0 Å². The SMILES string of the molecule is O=S(=O)(O)c1ccc(-c2cnnn2S)cc1. The van der Waals surface area contributed by atoms with Crippen LogP contribution in [0.25, 0.3) is 11.3 Å². The van der Waals surface area contributed by atoms with Gasteiger partial charge in [0.15, 0.2) is 0 Å². The lowest BCUT2D eigenvalue weighted by atomic mass is 10.2. The molecule has 0 saturated heterocycles. The van der Waals surface area contributed by atoms with E-state index in [1.54, 1.807) is 0 Å². The molecule has 2 aromatic rings. The van der Waals surface area contributed by atoms with Crippen LogP contribution in [0.5, 0.6) is 0 Å². The van der Waals surface area contributed by atoms with E-state index in [1.807, 2.05) is 0 Å². The van der Waals surface area contributed by atoms with Crippen LogP contribution in [0, 0.1) is 0 Å². The van der Waals surface area contributed by atoms with Gasteiger partial charge in [-0.15, -0.1) is 5.10 Å². The van der Waals surface area contributed by atoms with Gasteiger partial charge in [-0.1, -0.05) is 17.3 Å². The van der Waals surface area contributed by atoms with Crippen molar-refractivity contribution in [3.05, 3.63) is 30.5 Å². The Kier molecular flexibility index (Phi) is 2.70. The summed E-state index contributed by atoms with van der Waals surface area (Å²) in [7, 11) is -4.16. The van der Waals surface area contributed by atoms with E-state index >= 15 is 0 Å². The second-order valence-electron chi connectivity index (χ2n) is 3.01. The summed E-state index contributed by atoms with van der Waals surface area (Å²) in [6.45, 7) is 0. The first-order valence-electron chi connectivity index (χ1n) is 4.16. The summed E-state index contributed by atoms with van der Waals surface area (Å²) in [5.41, 5.74) is 1.33. The van der Waals surface area contributed by atoms with Crippen molar-refractivity contribution in [3.8, 4) is 11.3 Å². The standard InChI is InChI=1S/C8H7N3O3S2/c12-16(13,14)7-3-1-6(2-4-7)8-5-9-10-11(8)15/h1-5,15H,(H,12,13,14). The molecule has 1 aromatic carbocycles. The highest BCUT2D eigenvalue weighted by Gasteiger charge is 2.10. The van der Waals surface area contributed by atoms with Crippen LogP contribution in [0.2, 0.25) is 0 Å². The van der Waals surface area contributed by atoms with Gasteiger partial charge in [0.2, 0.25) is 0 Å². The molecule has 0 bridgehead atoms. The fourth-order valence-corrected chi connectivity index (χ4v) is 1.91. The van der Waals surface area contributed by atoms with Gasteiger partial charge >= 0.3 is 0 Å². The zero-order valence-electron chi connectivity index (χ0n) is 7.85. The van der Waals surface area contributed by atoms with Crippen molar-refractivity contribution in [2.24, 2.45) is 0 Å². The molecule has 16 heavy (non-hydrogen) atoms. The minimum atomic E-state index is -4.16. The molecule has 84 valence electrons. The summed E-state index contributed by atoms with van der Waals surface area (Å²) >= 11 is 4.02. The van der Waals surface area contributed by atoms with Crippen molar-refractivity contribution in [1.82, 2.24) is 14.4 Å². The van der Waals surface area contributed by atoms with E-state index in [1.165, 1.54) is 34.5 Å². The Hall–Kier alpha value is -1.38. The van der Waals surface area contributed by atoms with Crippen molar-refractivity contribution in [2.75, 3.05) is 0 Å². The van der Waals surface area contributed by atoms with Gasteiger partial charge in [0, 0.05) is 5.56 Å². The molecule has 1 heterocycles. The molecule has 0 radical (unpaired) electrons. The molecule has 0 unspecified atom stereocenters. The molecule has 1 aromatic heterocycles. The molecular formula is C8H7N3O3S2. The number of thiol groups is 1. The molecule has 0 fully saturated rings. The fourth-order valence-electron chi connectivity index (χ4n) is 1.22. The Morgan fingerprint density at radius 3 is 2.31 bits per heavy atom. The number of hydrogen-bond acceptors (Lipinski definition) is 5. The van der Waals surface area contributed by atoms with Crippen molar-refractivity contribution in [3.63, 3.8) is 0 Å². The molecular weight excluding hydrogens is 250 g/mol. The molecule has 0 atom stereocenters. The highest BCUT2D eigenvalue weighted by molar-refractivity contribution is 7.85. The van der Waals surface area contributed by atoms with E-state index in [-0.39, 0.29) is 4.90 Å². The summed E-state index contributed by atoms with van der Waals surface area (Å²) in [6, 6.07) is 5.67. The second kappa shape index (κ2) is 3.89. The summed E-state index contributed by atoms with van der Waals surface area (Å²) in [5.74, 6) is 0. The topological polar surface area (TPSA) is 85.1 Å². The Morgan fingerprint density at radius 2 is 1.88 bits per heavy atom. The van der Waals surface area contributed by atoms with Crippen molar-refractivity contribution >= 4 is 22.9 Å². The van der Waals surface area contributed by atoms with Gasteiger partial charge in [0.1, 0.15) is 5.69 Å². The lowest BCUT2D eigenvalue weighted by Gasteiger charge is -2.01. The minimum absolute atomic E-state index is 0.158. The third-order valence-electron chi connectivity index (χ3n) is 1.98. The summed E-state index contributed by atoms with van der Waals surface area (Å²) in [6.07, 6.45) is 1.50. The van der Waals surface area contributed by atoms with Gasteiger partial charge in [0.25, 0.3) is 10.1 Å². The van der Waals surface area contributed by atoms with Gasteiger partial charge in [-0.3, -0.25) is 4.55 Å². The number of benzene rings is 1. The molecule has 2 rings (SSSR count). The Balaban J connectivity index is 2.45. The third kappa shape index (κ3) is 2.08. The highest BCUT2D eigenvalue weighted by Crippen LogP contribution is 2.20. The molecule has 8 heteroatoms. The largest absolute Gasteiger partial charge is 0.294 e. The number of nitrogens with zero attached hydrogens (tertiary/aromatic N) is 3. The smallest absolute Gasteiger partial charge is 0.282 e. The lowest BCUT2D eigenvalue weighted by molar-refractivity contribution is 0.483. The predicted molar refractivity (Wildman–Crippen MR) is 59.7 cm³/mol. The van der Waals surface area contributed by atoms with Crippen LogP contribution in [0.1, 0.15) is 0 Å². The van der Waals surface area contributed by atoms with Crippen molar-refractivity contribution < 1.29 is 13.0 Å². The molecule has 0 amide bonds. The quantitative estimate of drug-likeness (QED) is 0.616. The van der Waals surface area contributed by atoms with Crippen LogP contribution in [-0.4, -0.2) is 27.4 Å². The maximum absolute atomic E-state index is 10.8. The maximum Gasteiger partial charge on any atom is 0.294 e. The van der Waals surface area contributed by atoms with Crippen LogP contribution in [0.4, 0.5) is 0 Å². The number of aromatic nitrogens is 3. The van der Waals surface area contributed by atoms with E-state index in [0.29, 0.717) is 11.3 Å². The van der Waals surface area contributed by atoms with Gasteiger partial charge in [-0.25, -0.2) is 0 Å². The van der Waals surface area contributed by atoms with E-state index < -0.39 is 10.1 Å². The fraction of sp³-hybridized carbons (Fsp3) is 0. The summed E-state index contributed by atoms with van der Waals surface area (Å²) < 4.78 is 31.7. The van der Waals surface area contributed by atoms with Crippen LogP contribution >= 0.6 is 12.8 Å². The van der Waals surface area contributed by atoms with E-state index in [9.17, 15) is 8.42 Å². The predicted octanol–water partition coefficient (Wildman–Crippen LogP) is 0.885. The normalized spacial score (nSPS) is 11.6. The number of rotatable bonds is 2. The van der Waals surface area contributed by atoms with Crippen molar-refractivity contribution in [1.29, 1.82) is 0 Å². The van der Waals surface area contributed by atoms with Crippen LogP contribution in [0.15, 0.2) is 35.4 Å². The molecule has 0 saturated carbocycles. The molecule has 0 aliphatic rings. The van der Waals surface area contributed by atoms with E-state index in [0.717, 1.165) is 0 Å². The molecule has 0 aliphatic carbocycles. The number of hydrogen-bond donors (Lipinski definition) is 2. The first kappa shape index (κ1) is 11.1. The zero-order chi connectivity index (χ0) is 11.8. The van der Waals surface area contributed by atoms with Crippen molar-refractivity contribution in [2.45, 2.75) is 4.90 Å². The third-order valence-corrected chi connectivity index (χ3v) is 3.14. The van der Waals surface area contributed by atoms with Gasteiger partial charge in [-0.2, -0.15) is 12.5 Å². The first-order valence-corrected chi connectivity index (χ1v) is 6.00.